The highest BCUT2D eigenvalue weighted by Gasteiger charge is 2.34. The standard InChI is InChI=1S/C32H38N4O7/c1-5-40-25-14-23-15-26(16-25)42-24-8-6-7-22(13-24)19-41-29-11-12-36(17-28(29)33-30(37)18-35(4)32(23)39)31(38)10-9-27-20(2)34-43-21(27)3/h6-8,13-16,28-29H,5,9-12,17-19H2,1-4H3,(H,33,37)/t28-,29+/m0/s1. The van der Waals surface area contributed by atoms with E-state index in [-0.39, 0.29) is 30.4 Å². The maximum atomic E-state index is 13.4. The van der Waals surface area contributed by atoms with Gasteiger partial charge >= 0.3 is 0 Å². The lowest BCUT2D eigenvalue weighted by atomic mass is 10.00. The summed E-state index contributed by atoms with van der Waals surface area (Å²) in [6.07, 6.45) is 1.07. The number of aromatic nitrogens is 1. The van der Waals surface area contributed by atoms with Crippen molar-refractivity contribution in [3.63, 3.8) is 0 Å². The normalized spacial score (nSPS) is 19.3. The molecule has 11 nitrogen and oxygen atoms in total. The van der Waals surface area contributed by atoms with Gasteiger partial charge in [0.1, 0.15) is 23.0 Å². The van der Waals surface area contributed by atoms with Crippen LogP contribution in [0.15, 0.2) is 47.0 Å². The van der Waals surface area contributed by atoms with Gasteiger partial charge in [-0.3, -0.25) is 14.4 Å². The van der Waals surface area contributed by atoms with E-state index in [9.17, 15) is 14.4 Å². The third kappa shape index (κ3) is 7.34. The van der Waals surface area contributed by atoms with Crippen LogP contribution >= 0.6 is 0 Å². The summed E-state index contributed by atoms with van der Waals surface area (Å²) in [6, 6.07) is 12.1. The average molecular weight is 591 g/mol. The zero-order chi connectivity index (χ0) is 30.5. The first kappa shape index (κ1) is 30.1. The van der Waals surface area contributed by atoms with Crippen molar-refractivity contribution in [2.75, 3.05) is 33.3 Å². The van der Waals surface area contributed by atoms with Crippen LogP contribution in [0.3, 0.4) is 0 Å². The number of carbonyl (C=O) groups is 3. The monoisotopic (exact) mass is 590 g/mol. The Morgan fingerprint density at radius 3 is 2.74 bits per heavy atom. The molecule has 0 saturated carbocycles. The van der Waals surface area contributed by atoms with Gasteiger partial charge in [-0.1, -0.05) is 17.3 Å². The molecular weight excluding hydrogens is 552 g/mol. The van der Waals surface area contributed by atoms with Crippen LogP contribution in [0.5, 0.6) is 17.2 Å². The van der Waals surface area contributed by atoms with E-state index >= 15 is 0 Å². The fourth-order valence-corrected chi connectivity index (χ4v) is 5.55. The number of fused-ring (bicyclic) bond motifs is 5. The molecule has 2 aliphatic heterocycles. The van der Waals surface area contributed by atoms with Crippen LogP contribution in [0.2, 0.25) is 0 Å². The number of hydrogen-bond acceptors (Lipinski definition) is 8. The molecule has 1 N–H and O–H groups in total. The summed E-state index contributed by atoms with van der Waals surface area (Å²) in [5.74, 6) is 1.55. The van der Waals surface area contributed by atoms with E-state index in [1.54, 1.807) is 30.1 Å². The van der Waals surface area contributed by atoms with E-state index in [2.05, 4.69) is 10.5 Å². The molecule has 3 amide bonds. The van der Waals surface area contributed by atoms with E-state index in [1.807, 2.05) is 45.0 Å². The molecule has 3 aromatic rings. The Kier molecular flexibility index (Phi) is 9.30. The lowest BCUT2D eigenvalue weighted by Crippen LogP contribution is -2.58. The van der Waals surface area contributed by atoms with Crippen LogP contribution in [-0.2, 0) is 27.4 Å². The maximum Gasteiger partial charge on any atom is 0.254 e. The summed E-state index contributed by atoms with van der Waals surface area (Å²) in [7, 11) is 1.57. The van der Waals surface area contributed by atoms with Gasteiger partial charge in [-0.05, 0) is 63.4 Å². The zero-order valence-electron chi connectivity index (χ0n) is 25.1. The molecule has 0 spiro atoms. The van der Waals surface area contributed by atoms with Gasteiger partial charge < -0.3 is 33.9 Å². The molecule has 43 heavy (non-hydrogen) atoms. The molecule has 5 rings (SSSR count). The van der Waals surface area contributed by atoms with Crippen molar-refractivity contribution in [3.8, 4) is 17.2 Å². The van der Waals surface area contributed by atoms with Crippen molar-refractivity contribution < 1.29 is 33.1 Å². The number of piperidine rings is 1. The van der Waals surface area contributed by atoms with Gasteiger partial charge in [-0.25, -0.2) is 0 Å². The van der Waals surface area contributed by atoms with Crippen molar-refractivity contribution >= 4 is 17.7 Å². The Bertz CT molecular complexity index is 1470. The highest BCUT2D eigenvalue weighted by atomic mass is 16.5. The Morgan fingerprint density at radius 1 is 1.14 bits per heavy atom. The third-order valence-electron chi connectivity index (χ3n) is 7.78. The molecule has 2 atom stereocenters. The lowest BCUT2D eigenvalue weighted by Gasteiger charge is -2.39. The minimum Gasteiger partial charge on any atom is -0.494 e. The van der Waals surface area contributed by atoms with Crippen molar-refractivity contribution in [2.24, 2.45) is 0 Å². The van der Waals surface area contributed by atoms with E-state index in [4.69, 9.17) is 18.7 Å². The van der Waals surface area contributed by atoms with E-state index in [1.165, 1.54) is 4.90 Å². The molecule has 2 aromatic carbocycles. The van der Waals surface area contributed by atoms with Crippen LogP contribution in [0.25, 0.3) is 0 Å². The summed E-state index contributed by atoms with van der Waals surface area (Å²) in [5.41, 5.74) is 2.97. The minimum atomic E-state index is -0.451. The molecule has 228 valence electrons. The van der Waals surface area contributed by atoms with Crippen molar-refractivity contribution in [2.45, 2.75) is 58.8 Å². The molecular formula is C32H38N4O7. The molecule has 3 heterocycles. The molecule has 1 saturated heterocycles. The summed E-state index contributed by atoms with van der Waals surface area (Å²) in [6.45, 7) is 6.94. The lowest BCUT2D eigenvalue weighted by molar-refractivity contribution is -0.137. The van der Waals surface area contributed by atoms with E-state index < -0.39 is 6.04 Å². The van der Waals surface area contributed by atoms with Gasteiger partial charge in [-0.15, -0.1) is 0 Å². The van der Waals surface area contributed by atoms with Crippen molar-refractivity contribution in [1.29, 1.82) is 0 Å². The number of rotatable bonds is 5. The van der Waals surface area contributed by atoms with Gasteiger partial charge in [0.2, 0.25) is 11.8 Å². The van der Waals surface area contributed by atoms with Crippen molar-refractivity contribution in [1.82, 2.24) is 20.3 Å². The molecule has 1 aromatic heterocycles. The summed E-state index contributed by atoms with van der Waals surface area (Å²) in [5, 5.41) is 7.02. The minimum absolute atomic E-state index is 0.0121. The number of carbonyl (C=O) groups excluding carboxylic acids is 3. The predicted molar refractivity (Wildman–Crippen MR) is 157 cm³/mol. The van der Waals surface area contributed by atoms with Crippen LogP contribution in [0, 0.1) is 13.8 Å². The van der Waals surface area contributed by atoms with E-state index in [0.717, 1.165) is 22.6 Å². The third-order valence-corrected chi connectivity index (χ3v) is 7.78. The Hall–Kier alpha value is -4.38. The first-order chi connectivity index (χ1) is 20.7. The number of likely N-dealkylation sites (tertiary alicyclic amines) is 1. The number of nitrogens with one attached hydrogen (secondary N) is 1. The Morgan fingerprint density at radius 2 is 1.98 bits per heavy atom. The number of ether oxygens (including phenoxy) is 3. The summed E-state index contributed by atoms with van der Waals surface area (Å²) in [4.78, 5) is 42.9. The first-order valence-corrected chi connectivity index (χ1v) is 14.6. The molecule has 2 aliphatic rings. The number of benzene rings is 2. The fraction of sp³-hybridized carbons (Fsp3) is 0.438. The number of hydrogen-bond donors (Lipinski definition) is 1. The number of likely N-dealkylation sites (N-methyl/N-ethyl adjacent to an activating group) is 1. The molecule has 0 radical (unpaired) electrons. The molecule has 0 aliphatic carbocycles. The Balaban J connectivity index is 1.36. The van der Waals surface area contributed by atoms with Gasteiger partial charge in [0.25, 0.3) is 5.91 Å². The van der Waals surface area contributed by atoms with Crippen LogP contribution in [-0.4, -0.2) is 78.1 Å². The number of amides is 3. The molecule has 11 heteroatoms. The molecule has 0 unspecified atom stereocenters. The summed E-state index contributed by atoms with van der Waals surface area (Å²) >= 11 is 0. The highest BCUT2D eigenvalue weighted by molar-refractivity contribution is 5.97. The molecule has 1 fully saturated rings. The summed E-state index contributed by atoms with van der Waals surface area (Å²) < 4.78 is 23.4. The van der Waals surface area contributed by atoms with Gasteiger partial charge in [0, 0.05) is 43.8 Å². The maximum absolute atomic E-state index is 13.4. The smallest absolute Gasteiger partial charge is 0.254 e. The van der Waals surface area contributed by atoms with Gasteiger partial charge in [-0.2, -0.15) is 0 Å². The van der Waals surface area contributed by atoms with Crippen LogP contribution in [0.1, 0.15) is 52.7 Å². The predicted octanol–water partition coefficient (Wildman–Crippen LogP) is 3.80. The first-order valence-electron chi connectivity index (χ1n) is 14.6. The second kappa shape index (κ2) is 13.3. The number of aryl methyl sites for hydroxylation is 2. The second-order valence-electron chi connectivity index (χ2n) is 11.0. The van der Waals surface area contributed by atoms with Crippen molar-refractivity contribution in [3.05, 3.63) is 70.6 Å². The van der Waals surface area contributed by atoms with Crippen LogP contribution in [0.4, 0.5) is 0 Å². The second-order valence-corrected chi connectivity index (χ2v) is 11.0. The van der Waals surface area contributed by atoms with Crippen LogP contribution < -0.4 is 14.8 Å². The largest absolute Gasteiger partial charge is 0.494 e. The quantitative estimate of drug-likeness (QED) is 0.476. The highest BCUT2D eigenvalue weighted by Crippen LogP contribution is 2.29. The number of nitrogens with zero attached hydrogens (tertiary/aromatic N) is 3. The van der Waals surface area contributed by atoms with Gasteiger partial charge in [0.05, 0.1) is 37.6 Å². The SMILES string of the molecule is CCOc1cc2cc(c1)C(=O)N(C)CC(=O)N[C@H]1CN(C(=O)CCc3c(C)noc3C)CC[C@H]1OCc1cccc(c1)O2. The topological polar surface area (TPSA) is 123 Å². The Labute approximate surface area is 251 Å². The zero-order valence-corrected chi connectivity index (χ0v) is 25.1. The van der Waals surface area contributed by atoms with E-state index in [0.29, 0.717) is 68.4 Å². The fourth-order valence-electron chi connectivity index (χ4n) is 5.55. The average Bonchev–Trinajstić information content (AvgIpc) is 3.30. The molecule has 4 bridgehead atoms. The van der Waals surface area contributed by atoms with Gasteiger partial charge in [0.15, 0.2) is 0 Å².